The number of nitrogens with one attached hydrogen (secondary N) is 1. The SMILES string of the molecule is O=C(O)C1CCCC1C(=O)Nc1nccs1. The van der Waals surface area contributed by atoms with Crippen LogP contribution in [0.5, 0.6) is 0 Å². The van der Waals surface area contributed by atoms with Gasteiger partial charge < -0.3 is 10.4 Å². The first-order valence-electron chi connectivity index (χ1n) is 5.11. The summed E-state index contributed by atoms with van der Waals surface area (Å²) in [5, 5.41) is 13.9. The van der Waals surface area contributed by atoms with Crippen LogP contribution in [0.3, 0.4) is 0 Å². The summed E-state index contributed by atoms with van der Waals surface area (Å²) >= 11 is 1.33. The van der Waals surface area contributed by atoms with Gasteiger partial charge in [-0.05, 0) is 12.8 Å². The molecule has 0 radical (unpaired) electrons. The maximum Gasteiger partial charge on any atom is 0.307 e. The third kappa shape index (κ3) is 2.21. The maximum absolute atomic E-state index is 11.8. The van der Waals surface area contributed by atoms with Gasteiger partial charge in [-0.1, -0.05) is 6.42 Å². The minimum atomic E-state index is -0.878. The van der Waals surface area contributed by atoms with E-state index in [4.69, 9.17) is 5.11 Å². The highest BCUT2D eigenvalue weighted by Crippen LogP contribution is 2.32. The summed E-state index contributed by atoms with van der Waals surface area (Å²) in [5.41, 5.74) is 0. The van der Waals surface area contributed by atoms with Gasteiger partial charge in [0, 0.05) is 11.6 Å². The van der Waals surface area contributed by atoms with Crippen molar-refractivity contribution in [2.24, 2.45) is 11.8 Å². The average Bonchev–Trinajstić information content (AvgIpc) is 2.86. The zero-order valence-electron chi connectivity index (χ0n) is 8.55. The second-order valence-electron chi connectivity index (χ2n) is 3.81. The van der Waals surface area contributed by atoms with Crippen molar-refractivity contribution in [3.05, 3.63) is 11.6 Å². The van der Waals surface area contributed by atoms with Gasteiger partial charge in [0.25, 0.3) is 0 Å². The van der Waals surface area contributed by atoms with Crippen LogP contribution in [-0.2, 0) is 9.59 Å². The quantitative estimate of drug-likeness (QED) is 0.840. The summed E-state index contributed by atoms with van der Waals surface area (Å²) in [6, 6.07) is 0. The van der Waals surface area contributed by atoms with E-state index in [9.17, 15) is 9.59 Å². The van der Waals surface area contributed by atoms with Crippen LogP contribution in [-0.4, -0.2) is 22.0 Å². The smallest absolute Gasteiger partial charge is 0.307 e. The molecule has 1 amide bonds. The first-order valence-corrected chi connectivity index (χ1v) is 5.99. The predicted octanol–water partition coefficient (Wildman–Crippen LogP) is 1.58. The highest BCUT2D eigenvalue weighted by molar-refractivity contribution is 7.13. The Morgan fingerprint density at radius 1 is 1.44 bits per heavy atom. The number of amides is 1. The zero-order chi connectivity index (χ0) is 11.5. The summed E-state index contributed by atoms with van der Waals surface area (Å²) in [5.74, 6) is -2.06. The summed E-state index contributed by atoms with van der Waals surface area (Å²) in [6.45, 7) is 0. The van der Waals surface area contributed by atoms with Crippen molar-refractivity contribution in [2.75, 3.05) is 5.32 Å². The first kappa shape index (κ1) is 11.1. The Labute approximate surface area is 96.5 Å². The number of hydrogen-bond acceptors (Lipinski definition) is 4. The van der Waals surface area contributed by atoms with Gasteiger partial charge in [-0.25, -0.2) is 4.98 Å². The van der Waals surface area contributed by atoms with Crippen molar-refractivity contribution in [3.63, 3.8) is 0 Å². The molecule has 1 heterocycles. The number of thiazole rings is 1. The van der Waals surface area contributed by atoms with Crippen molar-refractivity contribution in [3.8, 4) is 0 Å². The third-order valence-corrected chi connectivity index (χ3v) is 3.52. The minimum absolute atomic E-state index is 0.222. The molecule has 1 fully saturated rings. The highest BCUT2D eigenvalue weighted by atomic mass is 32.1. The number of carboxylic acid groups (broad SMARTS) is 1. The zero-order valence-corrected chi connectivity index (χ0v) is 9.37. The molecule has 0 aromatic carbocycles. The fraction of sp³-hybridized carbons (Fsp3) is 0.500. The van der Waals surface area contributed by atoms with Crippen molar-refractivity contribution >= 4 is 28.3 Å². The summed E-state index contributed by atoms with van der Waals surface area (Å²) in [6.07, 6.45) is 3.63. The van der Waals surface area contributed by atoms with Gasteiger partial charge in [0.2, 0.25) is 5.91 Å². The number of aromatic nitrogens is 1. The van der Waals surface area contributed by atoms with E-state index >= 15 is 0 Å². The number of hydrogen-bond donors (Lipinski definition) is 2. The normalized spacial score (nSPS) is 24.2. The lowest BCUT2D eigenvalue weighted by Gasteiger charge is -2.14. The van der Waals surface area contributed by atoms with E-state index in [0.29, 0.717) is 18.0 Å². The molecule has 0 aliphatic heterocycles. The van der Waals surface area contributed by atoms with Gasteiger partial charge in [0.1, 0.15) is 0 Å². The Hall–Kier alpha value is -1.43. The van der Waals surface area contributed by atoms with Crippen LogP contribution in [0, 0.1) is 11.8 Å². The molecular formula is C10H12N2O3S. The highest BCUT2D eigenvalue weighted by Gasteiger charge is 2.37. The second kappa shape index (κ2) is 4.61. The molecule has 5 nitrogen and oxygen atoms in total. The molecule has 0 saturated heterocycles. The lowest BCUT2D eigenvalue weighted by molar-refractivity contribution is -0.145. The largest absolute Gasteiger partial charge is 0.481 e. The molecular weight excluding hydrogens is 228 g/mol. The molecule has 86 valence electrons. The fourth-order valence-corrected chi connectivity index (χ4v) is 2.58. The van der Waals surface area contributed by atoms with E-state index in [-0.39, 0.29) is 5.91 Å². The minimum Gasteiger partial charge on any atom is -0.481 e. The van der Waals surface area contributed by atoms with Gasteiger partial charge >= 0.3 is 5.97 Å². The van der Waals surface area contributed by atoms with Gasteiger partial charge in [0.05, 0.1) is 11.8 Å². The van der Waals surface area contributed by atoms with Crippen molar-refractivity contribution < 1.29 is 14.7 Å². The molecule has 1 aromatic heterocycles. The summed E-state index contributed by atoms with van der Waals surface area (Å²) < 4.78 is 0. The van der Waals surface area contributed by atoms with Crippen LogP contribution in [0.1, 0.15) is 19.3 Å². The number of aliphatic carboxylic acids is 1. The lowest BCUT2D eigenvalue weighted by atomic mass is 9.95. The van der Waals surface area contributed by atoms with Gasteiger partial charge in [-0.2, -0.15) is 0 Å². The Kier molecular flexibility index (Phi) is 3.19. The molecule has 1 aliphatic carbocycles. The monoisotopic (exact) mass is 240 g/mol. The first-order chi connectivity index (χ1) is 7.68. The molecule has 1 aromatic rings. The topological polar surface area (TPSA) is 79.3 Å². The maximum atomic E-state index is 11.8. The fourth-order valence-electron chi connectivity index (χ4n) is 2.05. The van der Waals surface area contributed by atoms with E-state index in [1.165, 1.54) is 11.3 Å². The number of nitrogens with zero attached hydrogens (tertiary/aromatic N) is 1. The van der Waals surface area contributed by atoms with E-state index in [1.54, 1.807) is 11.6 Å². The van der Waals surface area contributed by atoms with E-state index in [2.05, 4.69) is 10.3 Å². The molecule has 2 unspecified atom stereocenters. The summed E-state index contributed by atoms with van der Waals surface area (Å²) in [7, 11) is 0. The number of carbonyl (C=O) groups is 2. The molecule has 2 rings (SSSR count). The van der Waals surface area contributed by atoms with Gasteiger partial charge in [0.15, 0.2) is 5.13 Å². The van der Waals surface area contributed by atoms with Crippen LogP contribution in [0.25, 0.3) is 0 Å². The van der Waals surface area contributed by atoms with Crippen LogP contribution < -0.4 is 5.32 Å². The second-order valence-corrected chi connectivity index (χ2v) is 4.70. The summed E-state index contributed by atoms with van der Waals surface area (Å²) in [4.78, 5) is 26.7. The number of carboxylic acids is 1. The molecule has 2 atom stereocenters. The molecule has 1 aliphatic rings. The standard InChI is InChI=1S/C10H12N2O3S/c13-8(12-10-11-4-5-16-10)6-2-1-3-7(6)9(14)15/h4-7H,1-3H2,(H,14,15)(H,11,12,13). The number of rotatable bonds is 3. The Balaban J connectivity index is 2.01. The van der Waals surface area contributed by atoms with Crippen LogP contribution in [0.15, 0.2) is 11.6 Å². The van der Waals surface area contributed by atoms with E-state index in [1.807, 2.05) is 0 Å². The van der Waals surface area contributed by atoms with E-state index in [0.717, 1.165) is 6.42 Å². The number of carbonyl (C=O) groups excluding carboxylic acids is 1. The van der Waals surface area contributed by atoms with Crippen molar-refractivity contribution in [2.45, 2.75) is 19.3 Å². The van der Waals surface area contributed by atoms with Gasteiger partial charge in [-0.15, -0.1) is 11.3 Å². The molecule has 0 bridgehead atoms. The van der Waals surface area contributed by atoms with Crippen molar-refractivity contribution in [1.82, 2.24) is 4.98 Å². The van der Waals surface area contributed by atoms with Crippen LogP contribution in [0.4, 0.5) is 5.13 Å². The molecule has 2 N–H and O–H groups in total. The van der Waals surface area contributed by atoms with Crippen LogP contribution in [0.2, 0.25) is 0 Å². The predicted molar refractivity (Wildman–Crippen MR) is 59.2 cm³/mol. The Morgan fingerprint density at radius 3 is 2.81 bits per heavy atom. The molecule has 16 heavy (non-hydrogen) atoms. The number of anilines is 1. The molecule has 1 saturated carbocycles. The lowest BCUT2D eigenvalue weighted by Crippen LogP contribution is -2.29. The molecule has 0 spiro atoms. The third-order valence-electron chi connectivity index (χ3n) is 2.83. The van der Waals surface area contributed by atoms with Crippen molar-refractivity contribution in [1.29, 1.82) is 0 Å². The Morgan fingerprint density at radius 2 is 2.19 bits per heavy atom. The van der Waals surface area contributed by atoms with Crippen LogP contribution >= 0.6 is 11.3 Å². The average molecular weight is 240 g/mol. The van der Waals surface area contributed by atoms with E-state index < -0.39 is 17.8 Å². The molecule has 6 heteroatoms. The Bertz CT molecular complexity index is 391. The van der Waals surface area contributed by atoms with Gasteiger partial charge in [-0.3, -0.25) is 9.59 Å².